The molecule has 1 heterocycles. The number of rotatable bonds is 6. The average Bonchev–Trinajstić information content (AvgIpc) is 2.95. The molecule has 3 rings (SSSR count). The summed E-state index contributed by atoms with van der Waals surface area (Å²) in [6, 6.07) is 16.8. The summed E-state index contributed by atoms with van der Waals surface area (Å²) < 4.78 is 5.20. The second-order valence-corrected chi connectivity index (χ2v) is 6.59. The van der Waals surface area contributed by atoms with Crippen molar-refractivity contribution in [3.8, 4) is 0 Å². The van der Waals surface area contributed by atoms with E-state index in [1.165, 1.54) is 0 Å². The molecule has 0 saturated carbocycles. The highest BCUT2D eigenvalue weighted by Crippen LogP contribution is 2.29. The molecule has 1 saturated heterocycles. The zero-order chi connectivity index (χ0) is 20.1. The van der Waals surface area contributed by atoms with Crippen LogP contribution in [0.5, 0.6) is 0 Å². The van der Waals surface area contributed by atoms with E-state index in [1.807, 2.05) is 0 Å². The fourth-order valence-corrected chi connectivity index (χ4v) is 2.98. The van der Waals surface area contributed by atoms with E-state index >= 15 is 0 Å². The molecule has 5 N–H and O–H groups in total. The van der Waals surface area contributed by atoms with Crippen LogP contribution in [-0.4, -0.2) is 64.3 Å². The summed E-state index contributed by atoms with van der Waals surface area (Å²) in [6.45, 7) is -0.549. The second kappa shape index (κ2) is 8.49. The predicted molar refractivity (Wildman–Crippen MR) is 99.4 cm³/mol. The van der Waals surface area contributed by atoms with Gasteiger partial charge in [0.2, 0.25) is 0 Å². The fourth-order valence-electron chi connectivity index (χ4n) is 2.98. The number of hydrogen-bond donors (Lipinski definition) is 5. The maximum atomic E-state index is 12.1. The van der Waals surface area contributed by atoms with Crippen LogP contribution in [0.4, 0.5) is 0 Å². The summed E-state index contributed by atoms with van der Waals surface area (Å²) in [5.74, 6) is -0.840. The number of amides is 2. The number of aliphatic hydroxyl groups excluding tert-OH is 2. The van der Waals surface area contributed by atoms with Crippen LogP contribution in [0.25, 0.3) is 0 Å². The van der Waals surface area contributed by atoms with Crippen LogP contribution in [0.1, 0.15) is 20.7 Å². The van der Waals surface area contributed by atoms with Gasteiger partial charge in [-0.05, 0) is 24.3 Å². The van der Waals surface area contributed by atoms with Gasteiger partial charge in [-0.15, -0.1) is 0 Å². The molecule has 0 spiro atoms. The summed E-state index contributed by atoms with van der Waals surface area (Å²) in [6.07, 6.45) is -4.28. The van der Waals surface area contributed by atoms with Crippen molar-refractivity contribution in [2.75, 3.05) is 13.1 Å². The first-order chi connectivity index (χ1) is 13.4. The van der Waals surface area contributed by atoms with Crippen molar-refractivity contribution in [2.45, 2.75) is 24.1 Å². The van der Waals surface area contributed by atoms with E-state index in [0.717, 1.165) is 0 Å². The van der Waals surface area contributed by atoms with E-state index in [1.54, 1.807) is 60.7 Å². The van der Waals surface area contributed by atoms with Crippen LogP contribution in [0.3, 0.4) is 0 Å². The second-order valence-electron chi connectivity index (χ2n) is 6.59. The lowest BCUT2D eigenvalue weighted by Gasteiger charge is -2.28. The van der Waals surface area contributed by atoms with Crippen LogP contribution in [0.2, 0.25) is 0 Å². The number of hydrogen-bond acceptors (Lipinski definition) is 6. The van der Waals surface area contributed by atoms with E-state index < -0.39 is 36.6 Å². The molecule has 2 aromatic rings. The molecule has 0 aromatic heterocycles. The summed E-state index contributed by atoms with van der Waals surface area (Å²) >= 11 is 0. The third-order valence-corrected chi connectivity index (χ3v) is 4.66. The van der Waals surface area contributed by atoms with Gasteiger partial charge in [-0.1, -0.05) is 36.4 Å². The highest BCUT2D eigenvalue weighted by atomic mass is 16.6. The average molecular weight is 386 g/mol. The molecule has 1 fully saturated rings. The maximum absolute atomic E-state index is 12.1. The zero-order valence-electron chi connectivity index (χ0n) is 15.0. The van der Waals surface area contributed by atoms with Gasteiger partial charge in [-0.3, -0.25) is 9.59 Å². The van der Waals surface area contributed by atoms with Crippen LogP contribution in [-0.2, 0) is 4.74 Å². The van der Waals surface area contributed by atoms with E-state index in [9.17, 15) is 24.9 Å². The number of carbonyl (C=O) groups is 2. The van der Waals surface area contributed by atoms with Crippen LogP contribution < -0.4 is 10.6 Å². The number of ether oxygens (including phenoxy) is 1. The smallest absolute Gasteiger partial charge is 0.251 e. The lowest BCUT2D eigenvalue weighted by Crippen LogP contribution is -2.56. The lowest BCUT2D eigenvalue weighted by molar-refractivity contribution is -0.172. The first-order valence-electron chi connectivity index (χ1n) is 8.82. The molecule has 2 aromatic carbocycles. The molecule has 28 heavy (non-hydrogen) atoms. The van der Waals surface area contributed by atoms with Gasteiger partial charge in [0.05, 0.1) is 6.54 Å². The Bertz CT molecular complexity index is 816. The van der Waals surface area contributed by atoms with Gasteiger partial charge in [0, 0.05) is 17.7 Å². The predicted octanol–water partition coefficient (Wildman–Crippen LogP) is -0.344. The molecular weight excluding hydrogens is 364 g/mol. The van der Waals surface area contributed by atoms with Crippen molar-refractivity contribution in [1.82, 2.24) is 10.6 Å². The molecule has 1 aliphatic heterocycles. The Hall–Kier alpha value is -2.78. The van der Waals surface area contributed by atoms with E-state index in [0.29, 0.717) is 11.1 Å². The molecule has 4 atom stereocenters. The van der Waals surface area contributed by atoms with Gasteiger partial charge in [0.25, 0.3) is 11.8 Å². The molecule has 0 bridgehead atoms. The van der Waals surface area contributed by atoms with Gasteiger partial charge in [0.1, 0.15) is 12.2 Å². The third-order valence-electron chi connectivity index (χ3n) is 4.66. The minimum atomic E-state index is -2.10. The van der Waals surface area contributed by atoms with Gasteiger partial charge >= 0.3 is 0 Å². The monoisotopic (exact) mass is 386 g/mol. The molecular formula is C20H22N2O6. The van der Waals surface area contributed by atoms with Crippen molar-refractivity contribution < 1.29 is 29.6 Å². The Kier molecular flexibility index (Phi) is 6.05. The molecule has 8 nitrogen and oxygen atoms in total. The molecule has 0 aliphatic carbocycles. The summed E-state index contributed by atoms with van der Waals surface area (Å²) in [7, 11) is 0. The van der Waals surface area contributed by atoms with Crippen LogP contribution in [0.15, 0.2) is 60.7 Å². The van der Waals surface area contributed by atoms with Gasteiger partial charge < -0.3 is 30.7 Å². The molecule has 2 unspecified atom stereocenters. The Labute approximate surface area is 161 Å². The molecule has 2 amide bonds. The third kappa shape index (κ3) is 4.20. The normalized spacial score (nSPS) is 26.6. The van der Waals surface area contributed by atoms with Crippen molar-refractivity contribution in [3.05, 3.63) is 71.8 Å². The molecule has 1 aliphatic rings. The van der Waals surface area contributed by atoms with E-state index in [4.69, 9.17) is 4.74 Å². The number of benzene rings is 2. The SMILES string of the molecule is O=C(NC[C@H]1OC(O)[C@@](O)(CNC(=O)c2ccccc2)C1O)c1ccccc1. The van der Waals surface area contributed by atoms with Crippen molar-refractivity contribution in [2.24, 2.45) is 0 Å². The quantitative estimate of drug-likeness (QED) is 0.462. The molecule has 148 valence electrons. The van der Waals surface area contributed by atoms with Crippen LogP contribution in [0, 0.1) is 0 Å². The van der Waals surface area contributed by atoms with Crippen molar-refractivity contribution in [3.63, 3.8) is 0 Å². The molecule has 8 heteroatoms. The highest BCUT2D eigenvalue weighted by Gasteiger charge is 2.55. The van der Waals surface area contributed by atoms with E-state index in [-0.39, 0.29) is 12.5 Å². The minimum Gasteiger partial charge on any atom is -0.387 e. The largest absolute Gasteiger partial charge is 0.387 e. The Morgan fingerprint density at radius 3 is 1.93 bits per heavy atom. The minimum absolute atomic E-state index is 0.124. The van der Waals surface area contributed by atoms with Crippen molar-refractivity contribution in [1.29, 1.82) is 0 Å². The fraction of sp³-hybridized carbons (Fsp3) is 0.300. The topological polar surface area (TPSA) is 128 Å². The Morgan fingerprint density at radius 2 is 1.39 bits per heavy atom. The molecule has 0 radical (unpaired) electrons. The first kappa shape index (κ1) is 20.0. The summed E-state index contributed by atoms with van der Waals surface area (Å²) in [5.41, 5.74) is -1.30. The zero-order valence-corrected chi connectivity index (χ0v) is 15.0. The number of nitrogens with one attached hydrogen (secondary N) is 2. The van der Waals surface area contributed by atoms with Crippen molar-refractivity contribution >= 4 is 11.8 Å². The standard InChI is InChI=1S/C20H22N2O6/c23-16-15(11-21-17(24)13-7-3-1-4-8-13)28-19(26)20(16,27)12-22-18(25)14-9-5-2-6-10-14/h1-10,15-16,19,23,26-27H,11-12H2,(H,21,24)(H,22,25)/t15-,16?,19?,20-/m1/s1. The van der Waals surface area contributed by atoms with Gasteiger partial charge in [0.15, 0.2) is 11.9 Å². The van der Waals surface area contributed by atoms with Gasteiger partial charge in [-0.2, -0.15) is 0 Å². The Morgan fingerprint density at radius 1 is 0.893 bits per heavy atom. The Balaban J connectivity index is 1.57. The van der Waals surface area contributed by atoms with E-state index in [2.05, 4.69) is 10.6 Å². The first-order valence-corrected chi connectivity index (χ1v) is 8.82. The number of aliphatic hydroxyl groups is 3. The van der Waals surface area contributed by atoms with Crippen LogP contribution >= 0.6 is 0 Å². The van der Waals surface area contributed by atoms with Gasteiger partial charge in [-0.25, -0.2) is 0 Å². The number of carbonyl (C=O) groups excluding carboxylic acids is 2. The lowest BCUT2D eigenvalue weighted by atomic mass is 9.94. The maximum Gasteiger partial charge on any atom is 0.251 e. The summed E-state index contributed by atoms with van der Waals surface area (Å²) in [4.78, 5) is 24.2. The highest BCUT2D eigenvalue weighted by molar-refractivity contribution is 5.94. The summed E-state index contributed by atoms with van der Waals surface area (Å²) in [5, 5.41) is 36.2.